The normalized spacial score (nSPS) is 20.4. The molecule has 6 heteroatoms. The molecule has 4 nitrogen and oxygen atoms in total. The first-order valence-corrected chi connectivity index (χ1v) is 16.0. The highest BCUT2D eigenvalue weighted by Crippen LogP contribution is 2.53. The predicted octanol–water partition coefficient (Wildman–Crippen LogP) is 9.01. The van der Waals surface area contributed by atoms with Crippen LogP contribution in [0.4, 0.5) is 0 Å². The van der Waals surface area contributed by atoms with E-state index in [2.05, 4.69) is 51.7 Å². The molecule has 0 amide bonds. The molecule has 0 bridgehead atoms. The van der Waals surface area contributed by atoms with Crippen molar-refractivity contribution in [1.82, 2.24) is 4.90 Å². The van der Waals surface area contributed by atoms with Gasteiger partial charge in [0.15, 0.2) is 0 Å². The zero-order valence-corrected chi connectivity index (χ0v) is 26.0. The molecule has 1 aromatic rings. The average Bonchev–Trinajstić information content (AvgIpc) is 2.88. The first kappa shape index (κ1) is 31.4. The summed E-state index contributed by atoms with van der Waals surface area (Å²) >= 11 is 1.91. The number of unbranched alkanes of at least 4 members (excludes halogenated alkanes) is 2. The zero-order chi connectivity index (χ0) is 26.4. The van der Waals surface area contributed by atoms with Crippen LogP contribution in [0.1, 0.15) is 122 Å². The quantitative estimate of drug-likeness (QED) is 0.152. The Morgan fingerprint density at radius 2 is 1.87 bits per heavy atom. The number of ether oxygens (including phenoxy) is 2. The Morgan fingerprint density at radius 1 is 1.11 bits per heavy atom. The number of likely N-dealkylation sites (tertiary alicyclic amines) is 1. The van der Waals surface area contributed by atoms with Crippen LogP contribution < -0.4 is 9.47 Å². The van der Waals surface area contributed by atoms with E-state index >= 15 is 0 Å². The number of hydrogen-bond donors (Lipinski definition) is 0. The van der Waals surface area contributed by atoms with E-state index in [1.807, 2.05) is 11.8 Å². The van der Waals surface area contributed by atoms with Crippen molar-refractivity contribution < 1.29 is 14.3 Å². The van der Waals surface area contributed by atoms with Crippen LogP contribution in [0, 0.1) is 5.92 Å². The Bertz CT molecular complexity index is 970. The maximum Gasteiger partial charge on any atom is 0.311 e. The van der Waals surface area contributed by atoms with E-state index in [-0.39, 0.29) is 24.0 Å². The number of benzene rings is 1. The predicted molar refractivity (Wildman–Crippen MR) is 164 cm³/mol. The van der Waals surface area contributed by atoms with E-state index in [1.54, 1.807) is 0 Å². The third-order valence-corrected chi connectivity index (χ3v) is 10.1. The average molecular weight is 564 g/mol. The fraction of sp³-hybridized carbons (Fsp3) is 0.719. The van der Waals surface area contributed by atoms with Crippen molar-refractivity contribution >= 4 is 35.7 Å². The molecule has 2 atom stereocenters. The molecule has 0 N–H and O–H groups in total. The summed E-state index contributed by atoms with van der Waals surface area (Å²) in [6.07, 6.45) is 12.4. The van der Waals surface area contributed by atoms with Gasteiger partial charge < -0.3 is 14.4 Å². The van der Waals surface area contributed by atoms with Crippen LogP contribution in [0.15, 0.2) is 17.0 Å². The van der Waals surface area contributed by atoms with Crippen LogP contribution in [0.25, 0.3) is 5.57 Å². The summed E-state index contributed by atoms with van der Waals surface area (Å²) in [5.41, 5.74) is 3.23. The summed E-state index contributed by atoms with van der Waals surface area (Å²) in [7, 11) is 0. The molecule has 0 aliphatic carbocycles. The van der Waals surface area contributed by atoms with Crippen molar-refractivity contribution in [3.8, 4) is 11.5 Å². The minimum atomic E-state index is -0.349. The second-order valence-corrected chi connectivity index (χ2v) is 13.1. The lowest BCUT2D eigenvalue weighted by Gasteiger charge is -2.39. The van der Waals surface area contributed by atoms with E-state index in [4.69, 9.17) is 9.47 Å². The smallest absolute Gasteiger partial charge is 0.311 e. The topological polar surface area (TPSA) is 38.8 Å². The Hall–Kier alpha value is -1.17. The van der Waals surface area contributed by atoms with E-state index in [0.717, 1.165) is 42.9 Å². The maximum absolute atomic E-state index is 13.1. The molecule has 3 aliphatic rings. The Labute approximate surface area is 242 Å². The Balaban J connectivity index is 0.00000400. The monoisotopic (exact) mass is 563 g/mol. The van der Waals surface area contributed by atoms with Gasteiger partial charge in [-0.05, 0) is 106 Å². The molecule has 38 heavy (non-hydrogen) atoms. The van der Waals surface area contributed by atoms with Crippen LogP contribution in [0.5, 0.6) is 11.5 Å². The second kappa shape index (κ2) is 14.5. The van der Waals surface area contributed by atoms with Crippen LogP contribution in [-0.2, 0) is 4.79 Å². The Kier molecular flexibility index (Phi) is 11.9. The number of allylic oxidation sites excluding steroid dienone is 1. The number of hydrogen-bond acceptors (Lipinski definition) is 5. The SMILES string of the molecule is CCCCCC(C)C(C)c1cc(OC(=O)CCCN2CCCCC2)c2c(c1)OC(C)(C)C1=C2CCCS1.Cl. The number of halogens is 1. The minimum Gasteiger partial charge on any atom is -0.482 e. The van der Waals surface area contributed by atoms with Crippen molar-refractivity contribution in [2.75, 3.05) is 25.4 Å². The number of nitrogens with zero attached hydrogens (tertiary/aromatic N) is 1. The fourth-order valence-corrected chi connectivity index (χ4v) is 7.41. The summed E-state index contributed by atoms with van der Waals surface area (Å²) in [6, 6.07) is 4.41. The highest BCUT2D eigenvalue weighted by Gasteiger charge is 2.39. The van der Waals surface area contributed by atoms with Crippen molar-refractivity contribution in [2.45, 2.75) is 117 Å². The van der Waals surface area contributed by atoms with E-state index in [1.165, 1.54) is 74.1 Å². The number of rotatable bonds is 11. The number of thioether (sulfide) groups is 1. The third kappa shape index (κ3) is 7.73. The third-order valence-electron chi connectivity index (χ3n) is 8.56. The number of fused-ring (bicyclic) bond motifs is 2. The van der Waals surface area contributed by atoms with Gasteiger partial charge in [-0.1, -0.05) is 52.9 Å². The van der Waals surface area contributed by atoms with Gasteiger partial charge in [-0.15, -0.1) is 24.2 Å². The molecule has 1 saturated heterocycles. The molecule has 0 radical (unpaired) electrons. The van der Waals surface area contributed by atoms with Crippen molar-refractivity contribution in [2.24, 2.45) is 5.92 Å². The molecule has 3 aliphatic heterocycles. The lowest BCUT2D eigenvalue weighted by atomic mass is 9.83. The van der Waals surface area contributed by atoms with E-state index < -0.39 is 0 Å². The molecule has 4 rings (SSSR count). The first-order valence-electron chi connectivity index (χ1n) is 15.0. The molecule has 214 valence electrons. The highest BCUT2D eigenvalue weighted by molar-refractivity contribution is 8.03. The molecular formula is C32H50ClNO3S. The van der Waals surface area contributed by atoms with Gasteiger partial charge in [0.25, 0.3) is 0 Å². The second-order valence-electron chi connectivity index (χ2n) is 12.0. The first-order chi connectivity index (χ1) is 17.8. The van der Waals surface area contributed by atoms with Crippen LogP contribution in [-0.4, -0.2) is 41.9 Å². The molecule has 2 unspecified atom stereocenters. The van der Waals surface area contributed by atoms with Crippen molar-refractivity contribution in [1.29, 1.82) is 0 Å². The Morgan fingerprint density at radius 3 is 2.61 bits per heavy atom. The van der Waals surface area contributed by atoms with Gasteiger partial charge in [0, 0.05) is 11.3 Å². The van der Waals surface area contributed by atoms with Gasteiger partial charge in [0.05, 0.1) is 5.56 Å². The molecule has 3 heterocycles. The van der Waals surface area contributed by atoms with Gasteiger partial charge in [-0.3, -0.25) is 4.79 Å². The lowest BCUT2D eigenvalue weighted by Crippen LogP contribution is -2.35. The summed E-state index contributed by atoms with van der Waals surface area (Å²) in [4.78, 5) is 16.9. The summed E-state index contributed by atoms with van der Waals surface area (Å²) in [6.45, 7) is 14.6. The molecule has 0 aromatic heterocycles. The van der Waals surface area contributed by atoms with Gasteiger partial charge in [-0.2, -0.15) is 0 Å². The standard InChI is InChI=1S/C32H49NO3S.ClH/c1-6-7-9-14-23(2)24(3)25-21-27(35-29(34)16-12-19-33-17-10-8-11-18-33)30-26-15-13-20-37-31(26)32(4,5)36-28(30)22-25;/h21-24H,6-20H2,1-5H3;1H. The number of carbonyl (C=O) groups excluding carboxylic acids is 1. The highest BCUT2D eigenvalue weighted by atomic mass is 35.5. The van der Waals surface area contributed by atoms with Gasteiger partial charge in [0.1, 0.15) is 17.1 Å². The van der Waals surface area contributed by atoms with Gasteiger partial charge >= 0.3 is 5.97 Å². The molecule has 0 spiro atoms. The molecule has 0 saturated carbocycles. The van der Waals surface area contributed by atoms with Crippen LogP contribution in [0.3, 0.4) is 0 Å². The van der Waals surface area contributed by atoms with Crippen molar-refractivity contribution in [3.63, 3.8) is 0 Å². The van der Waals surface area contributed by atoms with Crippen molar-refractivity contribution in [3.05, 3.63) is 28.2 Å². The fourth-order valence-electron chi connectivity index (χ4n) is 6.15. The summed E-state index contributed by atoms with van der Waals surface area (Å²) < 4.78 is 12.9. The zero-order valence-electron chi connectivity index (χ0n) is 24.4. The molecule has 1 aromatic carbocycles. The van der Waals surface area contributed by atoms with Gasteiger partial charge in [-0.25, -0.2) is 0 Å². The summed E-state index contributed by atoms with van der Waals surface area (Å²) in [5, 5.41) is 0. The summed E-state index contributed by atoms with van der Waals surface area (Å²) in [5.74, 6) is 3.56. The maximum atomic E-state index is 13.1. The largest absolute Gasteiger partial charge is 0.482 e. The molecular weight excluding hydrogens is 514 g/mol. The van der Waals surface area contributed by atoms with Crippen LogP contribution in [0.2, 0.25) is 0 Å². The van der Waals surface area contributed by atoms with Crippen LogP contribution >= 0.6 is 24.2 Å². The number of carbonyl (C=O) groups is 1. The number of piperidine rings is 1. The van der Waals surface area contributed by atoms with E-state index in [9.17, 15) is 4.79 Å². The lowest BCUT2D eigenvalue weighted by molar-refractivity contribution is -0.134. The van der Waals surface area contributed by atoms with E-state index in [0.29, 0.717) is 24.0 Å². The number of esters is 1. The minimum absolute atomic E-state index is 0. The van der Waals surface area contributed by atoms with Gasteiger partial charge in [0.2, 0.25) is 0 Å². The molecule has 1 fully saturated rings.